The van der Waals surface area contributed by atoms with Crippen LogP contribution in [-0.2, 0) is 0 Å². The minimum absolute atomic E-state index is 0.0654. The van der Waals surface area contributed by atoms with Gasteiger partial charge in [0.25, 0.3) is 5.91 Å². The molecule has 1 fully saturated rings. The smallest absolute Gasteiger partial charge is 0.273 e. The number of thiazole rings is 1. The van der Waals surface area contributed by atoms with Gasteiger partial charge in [0.15, 0.2) is 5.82 Å². The molecule has 4 rings (SSSR count). The molecule has 1 atom stereocenters. The van der Waals surface area contributed by atoms with Crippen molar-refractivity contribution in [3.63, 3.8) is 0 Å². The zero-order valence-electron chi connectivity index (χ0n) is 14.3. The molecule has 0 radical (unpaired) electrons. The van der Waals surface area contributed by atoms with E-state index in [4.69, 9.17) is 4.74 Å². The first kappa shape index (κ1) is 16.7. The van der Waals surface area contributed by atoms with E-state index in [1.54, 1.807) is 17.0 Å². The summed E-state index contributed by atoms with van der Waals surface area (Å²) in [6.45, 7) is 2.60. The standard InChI is InChI=1S/C19H18N4O2S/c1-13-10-17(25-14-6-3-2-4-7-14)22-18(21-13)16-8-5-9-23(16)19(24)15-11-26-12-20-15/h2-4,6-7,10-12,16H,5,8-9H2,1H3/t16-/m1/s1. The van der Waals surface area contributed by atoms with Crippen LogP contribution in [0.15, 0.2) is 47.3 Å². The van der Waals surface area contributed by atoms with Crippen molar-refractivity contribution in [1.82, 2.24) is 19.9 Å². The SMILES string of the molecule is Cc1cc(Oc2ccccc2)nc([C@H]2CCCN2C(=O)c2cscn2)n1. The summed E-state index contributed by atoms with van der Waals surface area (Å²) in [6.07, 6.45) is 1.76. The highest BCUT2D eigenvalue weighted by atomic mass is 32.1. The van der Waals surface area contributed by atoms with Gasteiger partial charge < -0.3 is 9.64 Å². The number of nitrogens with zero attached hydrogens (tertiary/aromatic N) is 4. The molecule has 26 heavy (non-hydrogen) atoms. The Balaban J connectivity index is 1.61. The second-order valence-corrected chi connectivity index (χ2v) is 6.87. The third kappa shape index (κ3) is 3.43. The second kappa shape index (κ2) is 7.21. The number of benzene rings is 1. The molecule has 6 nitrogen and oxygen atoms in total. The van der Waals surface area contributed by atoms with Gasteiger partial charge in [-0.25, -0.2) is 9.97 Å². The molecule has 0 aliphatic carbocycles. The average molecular weight is 366 g/mol. The zero-order chi connectivity index (χ0) is 17.9. The Morgan fingerprint density at radius 2 is 2.12 bits per heavy atom. The summed E-state index contributed by atoms with van der Waals surface area (Å²) in [7, 11) is 0. The predicted molar refractivity (Wildman–Crippen MR) is 98.4 cm³/mol. The van der Waals surface area contributed by atoms with Crippen molar-refractivity contribution in [3.8, 4) is 11.6 Å². The van der Waals surface area contributed by atoms with Crippen LogP contribution >= 0.6 is 11.3 Å². The van der Waals surface area contributed by atoms with E-state index in [2.05, 4.69) is 15.0 Å². The molecule has 1 amide bonds. The van der Waals surface area contributed by atoms with Gasteiger partial charge in [-0.1, -0.05) is 18.2 Å². The molecule has 1 aliphatic rings. The van der Waals surface area contributed by atoms with E-state index < -0.39 is 0 Å². The van der Waals surface area contributed by atoms with Crippen molar-refractivity contribution in [2.75, 3.05) is 6.54 Å². The van der Waals surface area contributed by atoms with E-state index >= 15 is 0 Å². The minimum atomic E-state index is -0.151. The maximum Gasteiger partial charge on any atom is 0.273 e. The van der Waals surface area contributed by atoms with Gasteiger partial charge in [0, 0.05) is 23.7 Å². The quantitative estimate of drug-likeness (QED) is 0.698. The van der Waals surface area contributed by atoms with E-state index in [9.17, 15) is 4.79 Å². The number of aryl methyl sites for hydroxylation is 1. The molecule has 2 aromatic heterocycles. The molecule has 3 heterocycles. The number of para-hydroxylation sites is 1. The Labute approximate surface area is 155 Å². The lowest BCUT2D eigenvalue weighted by atomic mass is 10.2. The van der Waals surface area contributed by atoms with Crippen molar-refractivity contribution in [2.24, 2.45) is 0 Å². The monoisotopic (exact) mass is 366 g/mol. The lowest BCUT2D eigenvalue weighted by Crippen LogP contribution is -2.31. The van der Waals surface area contributed by atoms with Crippen LogP contribution in [0, 0.1) is 6.92 Å². The highest BCUT2D eigenvalue weighted by molar-refractivity contribution is 7.07. The molecule has 0 bridgehead atoms. The van der Waals surface area contributed by atoms with Crippen LogP contribution in [0.1, 0.15) is 40.9 Å². The van der Waals surface area contributed by atoms with E-state index in [-0.39, 0.29) is 11.9 Å². The maximum absolute atomic E-state index is 12.7. The topological polar surface area (TPSA) is 68.2 Å². The van der Waals surface area contributed by atoms with Gasteiger partial charge in [0.2, 0.25) is 5.88 Å². The Kier molecular flexibility index (Phi) is 4.62. The summed E-state index contributed by atoms with van der Waals surface area (Å²) in [5.41, 5.74) is 2.97. The first-order chi connectivity index (χ1) is 12.7. The second-order valence-electron chi connectivity index (χ2n) is 6.15. The molecule has 0 spiro atoms. The molecule has 3 aromatic rings. The summed E-state index contributed by atoms with van der Waals surface area (Å²) in [5, 5.41) is 1.78. The van der Waals surface area contributed by atoms with Gasteiger partial charge in [0.1, 0.15) is 11.4 Å². The number of aromatic nitrogens is 3. The van der Waals surface area contributed by atoms with Gasteiger partial charge in [-0.3, -0.25) is 4.79 Å². The first-order valence-corrected chi connectivity index (χ1v) is 9.42. The third-order valence-electron chi connectivity index (χ3n) is 4.28. The molecular weight excluding hydrogens is 348 g/mol. The van der Waals surface area contributed by atoms with Gasteiger partial charge in [-0.2, -0.15) is 4.98 Å². The normalized spacial score (nSPS) is 16.7. The summed E-state index contributed by atoms with van der Waals surface area (Å²) in [4.78, 5) is 27.8. The van der Waals surface area contributed by atoms with Crippen molar-refractivity contribution in [3.05, 3.63) is 64.5 Å². The Morgan fingerprint density at radius 1 is 1.27 bits per heavy atom. The van der Waals surface area contributed by atoms with E-state index in [1.165, 1.54) is 11.3 Å². The molecule has 1 aliphatic heterocycles. The van der Waals surface area contributed by atoms with Crippen LogP contribution in [0.2, 0.25) is 0 Å². The Bertz CT molecular complexity index is 899. The lowest BCUT2D eigenvalue weighted by Gasteiger charge is -2.23. The van der Waals surface area contributed by atoms with Gasteiger partial charge >= 0.3 is 0 Å². The van der Waals surface area contributed by atoms with Gasteiger partial charge in [-0.15, -0.1) is 11.3 Å². The summed E-state index contributed by atoms with van der Waals surface area (Å²) in [6, 6.07) is 11.2. The number of hydrogen-bond donors (Lipinski definition) is 0. The maximum atomic E-state index is 12.7. The molecule has 132 valence electrons. The van der Waals surface area contributed by atoms with Crippen LogP contribution in [0.5, 0.6) is 11.6 Å². The number of hydrogen-bond acceptors (Lipinski definition) is 6. The van der Waals surface area contributed by atoms with Crippen LogP contribution in [0.25, 0.3) is 0 Å². The van der Waals surface area contributed by atoms with Crippen LogP contribution in [0.3, 0.4) is 0 Å². The average Bonchev–Trinajstić information content (AvgIpc) is 3.33. The van der Waals surface area contributed by atoms with Crippen LogP contribution in [0.4, 0.5) is 0 Å². The van der Waals surface area contributed by atoms with Crippen molar-refractivity contribution in [1.29, 1.82) is 0 Å². The highest BCUT2D eigenvalue weighted by Crippen LogP contribution is 2.32. The summed E-state index contributed by atoms with van der Waals surface area (Å²) in [5.74, 6) is 1.77. The van der Waals surface area contributed by atoms with Gasteiger partial charge in [0.05, 0.1) is 11.6 Å². The number of ether oxygens (including phenoxy) is 1. The van der Waals surface area contributed by atoms with Crippen molar-refractivity contribution in [2.45, 2.75) is 25.8 Å². The molecule has 1 saturated heterocycles. The van der Waals surface area contributed by atoms with Crippen LogP contribution in [-0.4, -0.2) is 32.3 Å². The van der Waals surface area contributed by atoms with Crippen LogP contribution < -0.4 is 4.74 Å². The predicted octanol–water partition coefficient (Wildman–Crippen LogP) is 4.01. The molecule has 0 N–H and O–H groups in total. The molecular formula is C19H18N4O2S. The molecule has 0 saturated carbocycles. The molecule has 1 aromatic carbocycles. The fourth-order valence-corrected chi connectivity index (χ4v) is 3.64. The minimum Gasteiger partial charge on any atom is -0.439 e. The van der Waals surface area contributed by atoms with E-state index in [0.29, 0.717) is 23.9 Å². The fourth-order valence-electron chi connectivity index (χ4n) is 3.12. The number of amides is 1. The third-order valence-corrected chi connectivity index (χ3v) is 4.86. The lowest BCUT2D eigenvalue weighted by molar-refractivity contribution is 0.0724. The van der Waals surface area contributed by atoms with Gasteiger partial charge in [-0.05, 0) is 31.9 Å². The number of rotatable bonds is 4. The number of carbonyl (C=O) groups excluding carboxylic acids is 1. The van der Waals surface area contributed by atoms with E-state index in [0.717, 1.165) is 24.3 Å². The van der Waals surface area contributed by atoms with Crippen molar-refractivity contribution < 1.29 is 9.53 Å². The highest BCUT2D eigenvalue weighted by Gasteiger charge is 2.33. The Morgan fingerprint density at radius 3 is 2.88 bits per heavy atom. The summed E-state index contributed by atoms with van der Waals surface area (Å²) < 4.78 is 5.86. The molecule has 7 heteroatoms. The number of carbonyl (C=O) groups is 1. The number of likely N-dealkylation sites (tertiary alicyclic amines) is 1. The molecule has 0 unspecified atom stereocenters. The zero-order valence-corrected chi connectivity index (χ0v) is 15.1. The fraction of sp³-hybridized carbons (Fsp3) is 0.263. The Hall–Kier alpha value is -2.80. The first-order valence-electron chi connectivity index (χ1n) is 8.48. The summed E-state index contributed by atoms with van der Waals surface area (Å²) >= 11 is 1.42. The van der Waals surface area contributed by atoms with Crippen molar-refractivity contribution >= 4 is 17.2 Å². The van der Waals surface area contributed by atoms with E-state index in [1.807, 2.05) is 42.2 Å². The largest absolute Gasteiger partial charge is 0.439 e.